The number of fused-ring (bicyclic) bond motifs is 3. The Morgan fingerprint density at radius 1 is 1.44 bits per heavy atom. The molecule has 2 saturated heterocycles. The van der Waals surface area contributed by atoms with Crippen LogP contribution in [0.2, 0.25) is 0 Å². The molecule has 2 N–H and O–H groups in total. The molecule has 1 amide bonds. The van der Waals surface area contributed by atoms with Crippen LogP contribution < -0.4 is 5.48 Å². The highest BCUT2D eigenvalue weighted by Crippen LogP contribution is 2.44. The fraction of sp³-hybridized carbons (Fsp3) is 0.667. The summed E-state index contributed by atoms with van der Waals surface area (Å²) in [6.07, 6.45) is 6.30. The monoisotopic (exact) mass is 344 g/mol. The smallest absolute Gasteiger partial charge is 0.276 e. The predicted octanol–water partition coefficient (Wildman–Crippen LogP) is 0.564. The van der Waals surface area contributed by atoms with Gasteiger partial charge in [-0.15, -0.1) is 0 Å². The average molecular weight is 344 g/mol. The lowest BCUT2D eigenvalue weighted by atomic mass is 9.98. The number of aromatic nitrogens is 1. The Kier molecular flexibility index (Phi) is 3.60. The molecule has 4 aliphatic rings. The highest BCUT2D eigenvalue weighted by atomic mass is 16.5. The number of hydrogen-bond donors (Lipinski definition) is 2. The van der Waals surface area contributed by atoms with E-state index in [1.165, 1.54) is 12.8 Å². The zero-order valence-corrected chi connectivity index (χ0v) is 14.3. The van der Waals surface area contributed by atoms with Gasteiger partial charge in [0.2, 0.25) is 0 Å². The Bertz CT molecular complexity index is 708. The first-order valence-electron chi connectivity index (χ1n) is 9.20. The lowest BCUT2D eigenvalue weighted by Gasteiger charge is -2.38. The Balaban J connectivity index is 1.27. The fourth-order valence-corrected chi connectivity index (χ4v) is 4.80. The van der Waals surface area contributed by atoms with Gasteiger partial charge in [0.05, 0.1) is 23.5 Å². The molecule has 4 heterocycles. The summed E-state index contributed by atoms with van der Waals surface area (Å²) in [7, 11) is 0. The first-order valence-corrected chi connectivity index (χ1v) is 9.20. The van der Waals surface area contributed by atoms with Crippen molar-refractivity contribution in [2.24, 2.45) is 0 Å². The van der Waals surface area contributed by atoms with Gasteiger partial charge in [0.15, 0.2) is 0 Å². The second-order valence-electron chi connectivity index (χ2n) is 7.99. The first-order chi connectivity index (χ1) is 12.2. The number of likely N-dealkylation sites (tertiary alicyclic amines) is 1. The number of nitrogens with zero attached hydrogens (tertiary/aromatic N) is 3. The second kappa shape index (κ2) is 5.74. The number of amides is 1. The molecule has 0 unspecified atom stereocenters. The quantitative estimate of drug-likeness (QED) is 0.614. The molecule has 1 aromatic rings. The predicted molar refractivity (Wildman–Crippen MR) is 89.3 cm³/mol. The van der Waals surface area contributed by atoms with Gasteiger partial charge in [0, 0.05) is 44.5 Å². The molecule has 5 rings (SSSR count). The third-order valence-corrected chi connectivity index (χ3v) is 6.15. The molecule has 7 heteroatoms. The summed E-state index contributed by atoms with van der Waals surface area (Å²) in [4.78, 5) is 21.1. The maximum atomic E-state index is 11.5. The van der Waals surface area contributed by atoms with Gasteiger partial charge in [0.25, 0.3) is 5.91 Å². The Morgan fingerprint density at radius 3 is 3.12 bits per heavy atom. The minimum atomic E-state index is -0.506. The van der Waals surface area contributed by atoms with Gasteiger partial charge < -0.3 is 4.74 Å². The van der Waals surface area contributed by atoms with E-state index < -0.39 is 5.91 Å². The minimum Gasteiger partial charge on any atom is -0.371 e. The Morgan fingerprint density at radius 2 is 2.32 bits per heavy atom. The molecule has 1 aliphatic carbocycles. The van der Waals surface area contributed by atoms with Crippen molar-refractivity contribution < 1.29 is 14.7 Å². The van der Waals surface area contributed by atoms with Crippen LogP contribution in [0.15, 0.2) is 12.3 Å². The van der Waals surface area contributed by atoms with Crippen molar-refractivity contribution >= 4 is 5.91 Å². The van der Waals surface area contributed by atoms with Crippen LogP contribution in [0, 0.1) is 0 Å². The van der Waals surface area contributed by atoms with Crippen molar-refractivity contribution in [2.75, 3.05) is 26.2 Å². The van der Waals surface area contributed by atoms with E-state index in [9.17, 15) is 4.79 Å². The molecule has 1 saturated carbocycles. The first kappa shape index (κ1) is 15.7. The molecule has 3 fully saturated rings. The number of rotatable bonds is 4. The Labute approximate surface area is 146 Å². The van der Waals surface area contributed by atoms with Gasteiger partial charge in [-0.05, 0) is 37.3 Å². The van der Waals surface area contributed by atoms with Crippen molar-refractivity contribution in [2.45, 2.75) is 49.9 Å². The van der Waals surface area contributed by atoms with Crippen molar-refractivity contribution in [3.63, 3.8) is 0 Å². The normalized spacial score (nSPS) is 32.0. The molecular weight excluding hydrogens is 320 g/mol. The highest BCUT2D eigenvalue weighted by molar-refractivity contribution is 5.93. The number of nitrogens with one attached hydrogen (secondary N) is 1. The van der Waals surface area contributed by atoms with E-state index in [1.807, 2.05) is 6.07 Å². The van der Waals surface area contributed by atoms with E-state index in [-0.39, 0.29) is 5.60 Å². The van der Waals surface area contributed by atoms with E-state index in [0.29, 0.717) is 11.6 Å². The number of hydroxylamine groups is 1. The van der Waals surface area contributed by atoms with Gasteiger partial charge >= 0.3 is 0 Å². The summed E-state index contributed by atoms with van der Waals surface area (Å²) in [6.45, 7) is 4.69. The van der Waals surface area contributed by atoms with Gasteiger partial charge in [-0.1, -0.05) is 0 Å². The van der Waals surface area contributed by atoms with Crippen molar-refractivity contribution in [3.8, 4) is 0 Å². The van der Waals surface area contributed by atoms with Gasteiger partial charge in [0.1, 0.15) is 0 Å². The number of morpholine rings is 1. The number of carbonyl (C=O) groups is 1. The van der Waals surface area contributed by atoms with Gasteiger partial charge in [-0.2, -0.15) is 0 Å². The molecule has 0 spiro atoms. The summed E-state index contributed by atoms with van der Waals surface area (Å²) in [5.74, 6) is -0.506. The molecule has 3 aliphatic heterocycles. The third-order valence-electron chi connectivity index (χ3n) is 6.15. The van der Waals surface area contributed by atoms with Crippen LogP contribution in [0.1, 0.15) is 40.9 Å². The minimum absolute atomic E-state index is 0.00146. The van der Waals surface area contributed by atoms with E-state index in [0.717, 1.165) is 62.9 Å². The maximum absolute atomic E-state index is 11.5. The van der Waals surface area contributed by atoms with Crippen molar-refractivity contribution in [3.05, 3.63) is 29.1 Å². The van der Waals surface area contributed by atoms with Crippen LogP contribution in [-0.2, 0) is 17.7 Å². The third kappa shape index (κ3) is 2.75. The summed E-state index contributed by atoms with van der Waals surface area (Å²) in [6, 6.07) is 3.29. The van der Waals surface area contributed by atoms with Gasteiger partial charge in [-0.25, -0.2) is 5.48 Å². The fourth-order valence-electron chi connectivity index (χ4n) is 4.80. The molecular formula is C18H24N4O3. The lowest BCUT2D eigenvalue weighted by Crippen LogP contribution is -2.50. The van der Waals surface area contributed by atoms with Gasteiger partial charge in [-0.3, -0.25) is 24.8 Å². The van der Waals surface area contributed by atoms with Crippen LogP contribution in [0.3, 0.4) is 0 Å². The zero-order chi connectivity index (χ0) is 17.0. The molecule has 0 radical (unpaired) electrons. The molecule has 0 aromatic carbocycles. The molecule has 2 atom stereocenters. The number of ether oxygens (including phenoxy) is 1. The summed E-state index contributed by atoms with van der Waals surface area (Å²) >= 11 is 0. The SMILES string of the molecule is O=C(NO)c1cnc2c(c1)CCN(C[C@]13C[C@H](CO1)N(C1CC1)C3)C2. The molecule has 25 heavy (non-hydrogen) atoms. The number of pyridine rings is 1. The standard InChI is InChI=1S/C18H24N4O3/c23-17(20-24)13-5-12-3-4-21(8-16(12)19-7-13)10-18-6-15(9-25-18)22(11-18)14-1-2-14/h5,7,14-15,24H,1-4,6,8-11H2,(H,20,23)/t15-,18+/m1/s1. The van der Waals surface area contributed by atoms with Crippen molar-refractivity contribution in [1.82, 2.24) is 20.3 Å². The van der Waals surface area contributed by atoms with Crippen LogP contribution >= 0.6 is 0 Å². The summed E-state index contributed by atoms with van der Waals surface area (Å²) in [5.41, 5.74) is 4.21. The maximum Gasteiger partial charge on any atom is 0.276 e. The highest BCUT2D eigenvalue weighted by Gasteiger charge is 2.54. The van der Waals surface area contributed by atoms with Crippen molar-refractivity contribution in [1.29, 1.82) is 0 Å². The summed E-state index contributed by atoms with van der Waals surface area (Å²) < 4.78 is 6.22. The topological polar surface area (TPSA) is 77.9 Å². The Hall–Kier alpha value is -1.54. The van der Waals surface area contributed by atoms with E-state index in [2.05, 4.69) is 14.8 Å². The number of hydrogen-bond acceptors (Lipinski definition) is 6. The van der Waals surface area contributed by atoms with E-state index in [1.54, 1.807) is 11.7 Å². The van der Waals surface area contributed by atoms with E-state index in [4.69, 9.17) is 9.94 Å². The van der Waals surface area contributed by atoms with Crippen LogP contribution in [-0.4, -0.2) is 69.8 Å². The van der Waals surface area contributed by atoms with Crippen LogP contribution in [0.5, 0.6) is 0 Å². The molecule has 7 nitrogen and oxygen atoms in total. The number of carbonyl (C=O) groups excluding carboxylic acids is 1. The molecule has 134 valence electrons. The molecule has 2 bridgehead atoms. The molecule has 1 aromatic heterocycles. The lowest BCUT2D eigenvalue weighted by molar-refractivity contribution is -0.0658. The second-order valence-corrected chi connectivity index (χ2v) is 7.99. The van der Waals surface area contributed by atoms with Crippen LogP contribution in [0.25, 0.3) is 0 Å². The summed E-state index contributed by atoms with van der Waals surface area (Å²) in [5, 5.41) is 8.76. The van der Waals surface area contributed by atoms with E-state index >= 15 is 0 Å². The zero-order valence-electron chi connectivity index (χ0n) is 14.3. The average Bonchev–Trinajstić information content (AvgIpc) is 3.33. The largest absolute Gasteiger partial charge is 0.371 e. The van der Waals surface area contributed by atoms with Crippen LogP contribution in [0.4, 0.5) is 0 Å².